The molecule has 0 saturated heterocycles. The fourth-order valence-corrected chi connectivity index (χ4v) is 3.99. The summed E-state index contributed by atoms with van der Waals surface area (Å²) in [7, 11) is 0. The number of rotatable bonds is 9. The molecule has 120 valence electrons. The fourth-order valence-electron chi connectivity index (χ4n) is 3.99. The Bertz CT molecular complexity index is 381. The van der Waals surface area contributed by atoms with Crippen molar-refractivity contribution in [2.24, 2.45) is 17.3 Å². The Morgan fingerprint density at radius 2 is 2.05 bits per heavy atom. The summed E-state index contributed by atoms with van der Waals surface area (Å²) in [6.45, 7) is 7.57. The van der Waals surface area contributed by atoms with Crippen LogP contribution in [0, 0.1) is 17.3 Å². The van der Waals surface area contributed by atoms with Crippen molar-refractivity contribution in [3.05, 3.63) is 11.6 Å². The number of hydrogen-bond donors (Lipinski definition) is 0. The lowest BCUT2D eigenvalue weighted by Crippen LogP contribution is -2.48. The third-order valence-electron chi connectivity index (χ3n) is 5.72. The van der Waals surface area contributed by atoms with Crippen LogP contribution in [0.25, 0.3) is 0 Å². The molecule has 0 heterocycles. The Labute approximate surface area is 130 Å². The maximum atomic E-state index is 11.7. The van der Waals surface area contributed by atoms with Crippen LogP contribution >= 0.6 is 0 Å². The van der Waals surface area contributed by atoms with Gasteiger partial charge in [0, 0.05) is 12.8 Å². The SMILES string of the molecule is CCCCCCCC(=O)OCCC1=CCC2CC1C2(C)C. The summed E-state index contributed by atoms with van der Waals surface area (Å²) in [4.78, 5) is 11.7. The molecule has 2 atom stereocenters. The summed E-state index contributed by atoms with van der Waals surface area (Å²) in [5, 5.41) is 0. The molecule has 0 N–H and O–H groups in total. The molecule has 3 rings (SSSR count). The highest BCUT2D eigenvalue weighted by Crippen LogP contribution is 2.59. The second-order valence-electron chi connectivity index (χ2n) is 7.46. The molecule has 0 aromatic rings. The summed E-state index contributed by atoms with van der Waals surface area (Å²) < 4.78 is 5.41. The van der Waals surface area contributed by atoms with Gasteiger partial charge in [0.1, 0.15) is 0 Å². The van der Waals surface area contributed by atoms with Gasteiger partial charge in [0.15, 0.2) is 0 Å². The van der Waals surface area contributed by atoms with E-state index in [1.807, 2.05) is 0 Å². The van der Waals surface area contributed by atoms with E-state index >= 15 is 0 Å². The zero-order chi connectivity index (χ0) is 15.3. The van der Waals surface area contributed by atoms with Crippen molar-refractivity contribution in [3.63, 3.8) is 0 Å². The Kier molecular flexibility index (Phi) is 5.89. The van der Waals surface area contributed by atoms with Gasteiger partial charge < -0.3 is 4.74 Å². The van der Waals surface area contributed by atoms with E-state index in [0.29, 0.717) is 18.4 Å². The first-order valence-corrected chi connectivity index (χ1v) is 8.90. The van der Waals surface area contributed by atoms with Crippen molar-refractivity contribution in [2.75, 3.05) is 6.61 Å². The van der Waals surface area contributed by atoms with Crippen molar-refractivity contribution in [1.29, 1.82) is 0 Å². The Morgan fingerprint density at radius 1 is 1.29 bits per heavy atom. The molecule has 0 aromatic heterocycles. The highest BCUT2D eigenvalue weighted by molar-refractivity contribution is 5.69. The van der Waals surface area contributed by atoms with E-state index in [2.05, 4.69) is 26.8 Å². The van der Waals surface area contributed by atoms with Gasteiger partial charge >= 0.3 is 5.97 Å². The summed E-state index contributed by atoms with van der Waals surface area (Å²) in [5.41, 5.74) is 2.02. The van der Waals surface area contributed by atoms with E-state index in [1.165, 1.54) is 32.1 Å². The quantitative estimate of drug-likeness (QED) is 0.328. The topological polar surface area (TPSA) is 26.3 Å². The smallest absolute Gasteiger partial charge is 0.305 e. The molecular weight excluding hydrogens is 260 g/mol. The highest BCUT2D eigenvalue weighted by Gasteiger charge is 2.50. The van der Waals surface area contributed by atoms with Gasteiger partial charge in [-0.2, -0.15) is 0 Å². The van der Waals surface area contributed by atoms with Gasteiger partial charge in [-0.05, 0) is 36.5 Å². The van der Waals surface area contributed by atoms with E-state index in [9.17, 15) is 4.79 Å². The van der Waals surface area contributed by atoms with Crippen molar-refractivity contribution < 1.29 is 9.53 Å². The summed E-state index contributed by atoms with van der Waals surface area (Å²) in [5.74, 6) is 1.62. The Morgan fingerprint density at radius 3 is 2.71 bits per heavy atom. The van der Waals surface area contributed by atoms with E-state index in [-0.39, 0.29) is 5.97 Å². The molecule has 0 radical (unpaired) electrons. The van der Waals surface area contributed by atoms with Crippen LogP contribution in [0.2, 0.25) is 0 Å². The highest BCUT2D eigenvalue weighted by atomic mass is 16.5. The summed E-state index contributed by atoms with van der Waals surface area (Å²) in [6.07, 6.45) is 12.4. The summed E-state index contributed by atoms with van der Waals surface area (Å²) in [6, 6.07) is 0. The maximum Gasteiger partial charge on any atom is 0.305 e. The maximum absolute atomic E-state index is 11.7. The van der Waals surface area contributed by atoms with E-state index in [0.717, 1.165) is 31.1 Å². The number of esters is 1. The average Bonchev–Trinajstić information content (AvgIpc) is 2.47. The number of fused-ring (bicyclic) bond motifs is 1. The number of carbonyl (C=O) groups is 1. The zero-order valence-corrected chi connectivity index (χ0v) is 14.1. The molecule has 0 aromatic carbocycles. The minimum atomic E-state index is -0.00588. The molecule has 2 bridgehead atoms. The van der Waals surface area contributed by atoms with Crippen LogP contribution in [0.15, 0.2) is 11.6 Å². The first-order valence-electron chi connectivity index (χ1n) is 8.90. The normalized spacial score (nSPS) is 26.0. The van der Waals surface area contributed by atoms with Crippen LogP contribution in [0.3, 0.4) is 0 Å². The van der Waals surface area contributed by atoms with Crippen molar-refractivity contribution >= 4 is 5.97 Å². The van der Waals surface area contributed by atoms with Crippen molar-refractivity contribution in [3.8, 4) is 0 Å². The molecule has 1 fully saturated rings. The Hall–Kier alpha value is -0.790. The number of carbonyl (C=O) groups excluding carboxylic acids is 1. The average molecular weight is 292 g/mol. The van der Waals surface area contributed by atoms with Crippen LogP contribution in [0.5, 0.6) is 0 Å². The number of ether oxygens (including phenoxy) is 1. The minimum absolute atomic E-state index is 0.00588. The second-order valence-corrected chi connectivity index (χ2v) is 7.46. The monoisotopic (exact) mass is 292 g/mol. The van der Waals surface area contributed by atoms with E-state index in [4.69, 9.17) is 4.74 Å². The molecular formula is C19H32O2. The molecule has 2 heteroatoms. The third-order valence-corrected chi connectivity index (χ3v) is 5.72. The van der Waals surface area contributed by atoms with Crippen molar-refractivity contribution in [2.45, 2.75) is 78.6 Å². The van der Waals surface area contributed by atoms with Gasteiger partial charge in [-0.25, -0.2) is 0 Å². The predicted octanol–water partition coefficient (Wildman–Crippen LogP) is 5.27. The standard InChI is InChI=1S/C19H32O2/c1-4-5-6-7-8-9-18(20)21-13-12-15-10-11-16-14-17(15)19(16,2)3/h10,16-17H,4-9,11-14H2,1-3H3. The first kappa shape index (κ1) is 16.6. The molecule has 1 saturated carbocycles. The Balaban J connectivity index is 1.57. The second kappa shape index (κ2) is 7.47. The third kappa shape index (κ3) is 4.11. The largest absolute Gasteiger partial charge is 0.465 e. The van der Waals surface area contributed by atoms with E-state index in [1.54, 1.807) is 5.57 Å². The van der Waals surface area contributed by atoms with Crippen LogP contribution in [0.1, 0.15) is 78.6 Å². The summed E-state index contributed by atoms with van der Waals surface area (Å²) >= 11 is 0. The zero-order valence-electron chi connectivity index (χ0n) is 14.1. The number of allylic oxidation sites excluding steroid dienone is 1. The molecule has 3 aliphatic rings. The fraction of sp³-hybridized carbons (Fsp3) is 0.842. The predicted molar refractivity (Wildman–Crippen MR) is 87.0 cm³/mol. The van der Waals surface area contributed by atoms with Crippen LogP contribution in [-0.4, -0.2) is 12.6 Å². The number of unbranched alkanes of at least 4 members (excludes halogenated alkanes) is 4. The van der Waals surface area contributed by atoms with Crippen LogP contribution in [-0.2, 0) is 9.53 Å². The molecule has 21 heavy (non-hydrogen) atoms. The van der Waals surface area contributed by atoms with Gasteiger partial charge in [-0.15, -0.1) is 0 Å². The van der Waals surface area contributed by atoms with Crippen molar-refractivity contribution in [1.82, 2.24) is 0 Å². The lowest BCUT2D eigenvalue weighted by Gasteiger charge is -2.56. The molecule has 0 aliphatic heterocycles. The molecule has 0 amide bonds. The lowest BCUT2D eigenvalue weighted by atomic mass is 9.48. The minimum Gasteiger partial charge on any atom is -0.465 e. The van der Waals surface area contributed by atoms with Crippen LogP contribution in [0.4, 0.5) is 0 Å². The molecule has 2 nitrogen and oxygen atoms in total. The van der Waals surface area contributed by atoms with Crippen LogP contribution < -0.4 is 0 Å². The van der Waals surface area contributed by atoms with Gasteiger partial charge in [0.25, 0.3) is 0 Å². The molecule has 3 aliphatic carbocycles. The van der Waals surface area contributed by atoms with Gasteiger partial charge in [0.05, 0.1) is 6.61 Å². The van der Waals surface area contributed by atoms with Gasteiger partial charge in [-0.3, -0.25) is 4.79 Å². The van der Waals surface area contributed by atoms with E-state index < -0.39 is 0 Å². The molecule has 2 unspecified atom stereocenters. The molecule has 0 spiro atoms. The first-order chi connectivity index (χ1) is 10.1. The lowest BCUT2D eigenvalue weighted by molar-refractivity contribution is -0.143. The van der Waals surface area contributed by atoms with Gasteiger partial charge in [-0.1, -0.05) is 58.1 Å². The van der Waals surface area contributed by atoms with Gasteiger partial charge in [0.2, 0.25) is 0 Å². The number of hydrogen-bond acceptors (Lipinski definition) is 2.